The van der Waals surface area contributed by atoms with Crippen molar-refractivity contribution in [1.29, 1.82) is 0 Å². The van der Waals surface area contributed by atoms with Crippen molar-refractivity contribution >= 4 is 34.2 Å². The van der Waals surface area contributed by atoms with Crippen LogP contribution in [0.2, 0.25) is 0 Å². The second-order valence-corrected chi connectivity index (χ2v) is 7.87. The van der Waals surface area contributed by atoms with Crippen molar-refractivity contribution in [2.75, 3.05) is 5.32 Å². The van der Waals surface area contributed by atoms with Crippen LogP contribution in [0.5, 0.6) is 0 Å². The minimum absolute atomic E-state index is 0.0235. The summed E-state index contributed by atoms with van der Waals surface area (Å²) in [7, 11) is 0. The van der Waals surface area contributed by atoms with Gasteiger partial charge in [0.05, 0.1) is 12.2 Å². The fourth-order valence-electron chi connectivity index (χ4n) is 3.11. The number of allylic oxidation sites excluding steroid dienone is 1. The van der Waals surface area contributed by atoms with Gasteiger partial charge in [0.1, 0.15) is 5.00 Å². The van der Waals surface area contributed by atoms with Gasteiger partial charge in [0.15, 0.2) is 0 Å². The molecule has 1 aromatic heterocycles. The van der Waals surface area contributed by atoms with E-state index in [1.807, 2.05) is 36.4 Å². The molecule has 0 radical (unpaired) electrons. The summed E-state index contributed by atoms with van der Waals surface area (Å²) in [5.74, 6) is -0.447. The van der Waals surface area contributed by atoms with Crippen LogP contribution in [0.15, 0.2) is 36.0 Å². The van der Waals surface area contributed by atoms with Crippen LogP contribution in [-0.2, 0) is 22.7 Å². The summed E-state index contributed by atoms with van der Waals surface area (Å²) in [6.45, 7) is 0.463. The lowest BCUT2D eigenvalue weighted by Gasteiger charge is -2.16. The maximum Gasteiger partial charge on any atom is 0.252 e. The van der Waals surface area contributed by atoms with Crippen molar-refractivity contribution in [3.05, 3.63) is 57.6 Å². The quantitative estimate of drug-likeness (QED) is 0.640. The number of rotatable bonds is 7. The highest BCUT2D eigenvalue weighted by Crippen LogP contribution is 2.40. The van der Waals surface area contributed by atoms with Crippen molar-refractivity contribution in [2.45, 2.75) is 32.3 Å². The van der Waals surface area contributed by atoms with Crippen LogP contribution in [0.25, 0.3) is 6.08 Å². The molecule has 0 aliphatic heterocycles. The van der Waals surface area contributed by atoms with E-state index < -0.39 is 5.91 Å². The molecule has 140 valence electrons. The zero-order valence-corrected chi connectivity index (χ0v) is 15.6. The second-order valence-electron chi connectivity index (χ2n) is 6.82. The average molecular weight is 383 g/mol. The molecule has 1 fully saturated rings. The minimum atomic E-state index is -0.497. The molecule has 2 aliphatic rings. The molecule has 7 heteroatoms. The number of hydroxylamine groups is 1. The van der Waals surface area contributed by atoms with Gasteiger partial charge in [0.2, 0.25) is 5.91 Å². The van der Waals surface area contributed by atoms with Gasteiger partial charge in [0.25, 0.3) is 5.91 Å². The number of amides is 2. The Kier molecular flexibility index (Phi) is 4.96. The van der Waals surface area contributed by atoms with E-state index in [1.54, 1.807) is 0 Å². The second kappa shape index (κ2) is 7.54. The molecule has 4 N–H and O–H groups in total. The third-order valence-corrected chi connectivity index (χ3v) is 5.80. The molecule has 0 atom stereocenters. The predicted octanol–water partition coefficient (Wildman–Crippen LogP) is 3.20. The number of anilines is 1. The van der Waals surface area contributed by atoms with Gasteiger partial charge in [-0.2, -0.15) is 0 Å². The number of hydrogen-bond donors (Lipinski definition) is 3. The van der Waals surface area contributed by atoms with Crippen LogP contribution in [0.3, 0.4) is 0 Å². The third kappa shape index (κ3) is 4.04. The van der Waals surface area contributed by atoms with Crippen molar-refractivity contribution < 1.29 is 14.4 Å². The summed E-state index contributed by atoms with van der Waals surface area (Å²) < 4.78 is 0. The summed E-state index contributed by atoms with van der Waals surface area (Å²) in [4.78, 5) is 30.6. The maximum atomic E-state index is 12.1. The first-order valence-corrected chi connectivity index (χ1v) is 9.82. The van der Waals surface area contributed by atoms with Crippen molar-refractivity contribution in [2.24, 2.45) is 11.7 Å². The van der Waals surface area contributed by atoms with Gasteiger partial charge in [-0.05, 0) is 42.9 Å². The van der Waals surface area contributed by atoms with Crippen LogP contribution in [-0.4, -0.2) is 11.8 Å². The monoisotopic (exact) mass is 383 g/mol. The molecule has 6 nitrogen and oxygen atoms in total. The summed E-state index contributed by atoms with van der Waals surface area (Å²) in [6.07, 6.45) is 5.19. The normalized spacial score (nSPS) is 15.6. The SMILES string of the molecule is NC(=O)c1c(NC(=O)C2CC2)sc2c1CCC(NOCc1ccccc1)=C2. The molecule has 1 heterocycles. The van der Waals surface area contributed by atoms with Crippen molar-refractivity contribution in [1.82, 2.24) is 5.48 Å². The summed E-state index contributed by atoms with van der Waals surface area (Å²) in [5, 5.41) is 3.45. The Bertz CT molecular complexity index is 901. The third-order valence-electron chi connectivity index (χ3n) is 4.70. The molecule has 2 amide bonds. The lowest BCUT2D eigenvalue weighted by Crippen LogP contribution is -2.20. The fourth-order valence-corrected chi connectivity index (χ4v) is 4.34. The molecule has 4 rings (SSSR count). The molecule has 1 saturated carbocycles. The first kappa shape index (κ1) is 17.8. The van der Waals surface area contributed by atoms with Crippen LogP contribution < -0.4 is 16.5 Å². The smallest absolute Gasteiger partial charge is 0.252 e. The van der Waals surface area contributed by atoms with E-state index in [9.17, 15) is 9.59 Å². The number of hydrogen-bond acceptors (Lipinski definition) is 5. The van der Waals surface area contributed by atoms with Gasteiger partial charge < -0.3 is 11.1 Å². The van der Waals surface area contributed by atoms with Gasteiger partial charge >= 0.3 is 0 Å². The molecule has 2 aromatic rings. The number of benzene rings is 1. The van der Waals surface area contributed by atoms with Gasteiger partial charge in [-0.1, -0.05) is 30.3 Å². The highest BCUT2D eigenvalue weighted by molar-refractivity contribution is 7.17. The first-order valence-electron chi connectivity index (χ1n) is 9.00. The zero-order valence-electron chi connectivity index (χ0n) is 14.8. The molecule has 1 aromatic carbocycles. The highest BCUT2D eigenvalue weighted by atomic mass is 32.1. The Morgan fingerprint density at radius 1 is 1.19 bits per heavy atom. The van der Waals surface area contributed by atoms with E-state index in [0.717, 1.165) is 41.0 Å². The van der Waals surface area contributed by atoms with Gasteiger partial charge in [-0.3, -0.25) is 19.9 Å². The fraction of sp³-hybridized carbons (Fsp3) is 0.300. The van der Waals surface area contributed by atoms with Crippen LogP contribution in [0.1, 0.15) is 45.6 Å². The van der Waals surface area contributed by atoms with Crippen LogP contribution in [0, 0.1) is 5.92 Å². The summed E-state index contributed by atoms with van der Waals surface area (Å²) >= 11 is 1.39. The highest BCUT2D eigenvalue weighted by Gasteiger charge is 2.32. The van der Waals surface area contributed by atoms with E-state index >= 15 is 0 Å². The van der Waals surface area contributed by atoms with Crippen molar-refractivity contribution in [3.63, 3.8) is 0 Å². The largest absolute Gasteiger partial charge is 0.365 e. The molecular formula is C20H21N3O3S. The average Bonchev–Trinajstić information content (AvgIpc) is 3.44. The van der Waals surface area contributed by atoms with Crippen LogP contribution >= 0.6 is 11.3 Å². The number of carbonyl (C=O) groups excluding carboxylic acids is 2. The lowest BCUT2D eigenvalue weighted by molar-refractivity contribution is -0.117. The topological polar surface area (TPSA) is 93.5 Å². The van der Waals surface area contributed by atoms with E-state index in [0.29, 0.717) is 23.6 Å². The Balaban J connectivity index is 1.47. The van der Waals surface area contributed by atoms with Crippen molar-refractivity contribution in [3.8, 4) is 0 Å². The van der Waals surface area contributed by atoms with Crippen LogP contribution in [0.4, 0.5) is 5.00 Å². The van der Waals surface area contributed by atoms with E-state index in [-0.39, 0.29) is 11.8 Å². The maximum absolute atomic E-state index is 12.1. The number of thiophene rings is 1. The molecule has 0 unspecified atom stereocenters. The van der Waals surface area contributed by atoms with Gasteiger partial charge in [0, 0.05) is 16.5 Å². The van der Waals surface area contributed by atoms with Gasteiger partial charge in [-0.15, -0.1) is 11.3 Å². The van der Waals surface area contributed by atoms with E-state index in [4.69, 9.17) is 10.6 Å². The summed E-state index contributed by atoms with van der Waals surface area (Å²) in [5.41, 5.74) is 12.0. The molecule has 27 heavy (non-hydrogen) atoms. The molecular weight excluding hydrogens is 362 g/mol. The number of fused-ring (bicyclic) bond motifs is 1. The minimum Gasteiger partial charge on any atom is -0.365 e. The Morgan fingerprint density at radius 2 is 1.96 bits per heavy atom. The lowest BCUT2D eigenvalue weighted by atomic mass is 9.98. The standard InChI is InChI=1S/C20H21N3O3S/c21-18(24)17-15-9-8-14(23-26-11-12-4-2-1-3-5-12)10-16(15)27-20(17)22-19(25)13-6-7-13/h1-5,10,13,23H,6-9,11H2,(H2,21,24)(H,22,25). The number of primary amides is 1. The Labute approximate surface area is 161 Å². The Morgan fingerprint density at radius 3 is 2.67 bits per heavy atom. The van der Waals surface area contributed by atoms with E-state index in [2.05, 4.69) is 10.8 Å². The van der Waals surface area contributed by atoms with E-state index in [1.165, 1.54) is 11.3 Å². The number of nitrogens with two attached hydrogens (primary N) is 1. The number of nitrogens with one attached hydrogen (secondary N) is 2. The predicted molar refractivity (Wildman–Crippen MR) is 105 cm³/mol. The first-order chi connectivity index (χ1) is 13.1. The molecule has 2 aliphatic carbocycles. The molecule has 0 bridgehead atoms. The van der Waals surface area contributed by atoms with Gasteiger partial charge in [-0.25, -0.2) is 0 Å². The molecule has 0 saturated heterocycles. The summed E-state index contributed by atoms with van der Waals surface area (Å²) in [6, 6.07) is 9.91. The molecule has 0 spiro atoms. The number of carbonyl (C=O) groups is 2. The zero-order chi connectivity index (χ0) is 18.8. The Hall–Kier alpha value is -2.64.